The summed E-state index contributed by atoms with van der Waals surface area (Å²) in [5.41, 5.74) is 0. The quantitative estimate of drug-likeness (QED) is 0.764. The molecule has 0 aromatic carbocycles. The van der Waals surface area contributed by atoms with Gasteiger partial charge in [0.2, 0.25) is 5.89 Å². The van der Waals surface area contributed by atoms with Gasteiger partial charge in [0, 0.05) is 6.54 Å². The van der Waals surface area contributed by atoms with Crippen LogP contribution in [-0.2, 0) is 0 Å². The first-order valence-corrected chi connectivity index (χ1v) is 4.96. The van der Waals surface area contributed by atoms with Crippen molar-refractivity contribution >= 4 is 0 Å². The fraction of sp³-hybridized carbons (Fsp3) is 0.778. The molecule has 0 amide bonds. The Morgan fingerprint density at radius 1 is 1.64 bits per heavy atom. The van der Waals surface area contributed by atoms with Gasteiger partial charge in [-0.15, -0.1) is 0 Å². The third kappa shape index (κ3) is 1.78. The highest BCUT2D eigenvalue weighted by molar-refractivity contribution is 4.95. The van der Waals surface area contributed by atoms with Crippen molar-refractivity contribution in [2.24, 2.45) is 0 Å². The van der Waals surface area contributed by atoms with E-state index in [4.69, 9.17) is 9.63 Å². The second-order valence-corrected chi connectivity index (χ2v) is 3.60. The predicted octanol–water partition coefficient (Wildman–Crippen LogP) is 0.507. The smallest absolute Gasteiger partial charge is 0.243 e. The van der Waals surface area contributed by atoms with Gasteiger partial charge >= 0.3 is 0 Å². The number of nitrogens with zero attached hydrogens (tertiary/aromatic N) is 3. The standard InChI is InChI=1S/C9H15N3O2/c1-7-10-9(14-11-7)8-3-2-4-12(8)5-6-13/h8,13H,2-6H2,1H3. The first kappa shape index (κ1) is 9.61. The van der Waals surface area contributed by atoms with Gasteiger partial charge in [0.1, 0.15) is 0 Å². The van der Waals surface area contributed by atoms with Crippen molar-refractivity contribution < 1.29 is 9.63 Å². The lowest BCUT2D eigenvalue weighted by atomic mass is 10.2. The van der Waals surface area contributed by atoms with Crippen molar-refractivity contribution in [1.82, 2.24) is 15.0 Å². The minimum Gasteiger partial charge on any atom is -0.395 e. The first-order valence-electron chi connectivity index (χ1n) is 4.96. The number of aromatic nitrogens is 2. The van der Waals surface area contributed by atoms with Gasteiger partial charge in [-0.3, -0.25) is 4.90 Å². The van der Waals surface area contributed by atoms with Crippen LogP contribution in [-0.4, -0.2) is 39.8 Å². The van der Waals surface area contributed by atoms with Crippen LogP contribution >= 0.6 is 0 Å². The van der Waals surface area contributed by atoms with Crippen LogP contribution < -0.4 is 0 Å². The molecule has 1 aromatic rings. The van der Waals surface area contributed by atoms with E-state index in [2.05, 4.69) is 15.0 Å². The molecule has 5 nitrogen and oxygen atoms in total. The van der Waals surface area contributed by atoms with Gasteiger partial charge in [0.25, 0.3) is 0 Å². The Morgan fingerprint density at radius 3 is 3.14 bits per heavy atom. The second kappa shape index (κ2) is 4.06. The van der Waals surface area contributed by atoms with E-state index in [9.17, 15) is 0 Å². The second-order valence-electron chi connectivity index (χ2n) is 3.60. The first-order chi connectivity index (χ1) is 6.81. The number of β-amino-alcohol motifs (C(OH)–C–C–N with tert-alkyl or cyclic N) is 1. The third-order valence-corrected chi connectivity index (χ3v) is 2.58. The number of likely N-dealkylation sites (tertiary alicyclic amines) is 1. The van der Waals surface area contributed by atoms with Crippen molar-refractivity contribution in [3.8, 4) is 0 Å². The van der Waals surface area contributed by atoms with Gasteiger partial charge < -0.3 is 9.63 Å². The minimum absolute atomic E-state index is 0.184. The molecule has 1 unspecified atom stereocenters. The maximum Gasteiger partial charge on any atom is 0.243 e. The molecule has 1 N–H and O–H groups in total. The molecular weight excluding hydrogens is 182 g/mol. The summed E-state index contributed by atoms with van der Waals surface area (Å²) in [6, 6.07) is 0.211. The van der Waals surface area contributed by atoms with Crippen LogP contribution in [0.15, 0.2) is 4.52 Å². The van der Waals surface area contributed by atoms with E-state index < -0.39 is 0 Å². The Hall–Kier alpha value is -0.940. The van der Waals surface area contributed by atoms with Crippen molar-refractivity contribution in [1.29, 1.82) is 0 Å². The maximum atomic E-state index is 8.89. The molecule has 1 aliphatic rings. The number of hydrogen-bond acceptors (Lipinski definition) is 5. The van der Waals surface area contributed by atoms with Gasteiger partial charge in [-0.1, -0.05) is 5.16 Å². The Morgan fingerprint density at radius 2 is 2.50 bits per heavy atom. The fourth-order valence-electron chi connectivity index (χ4n) is 1.95. The number of aliphatic hydroxyl groups is 1. The van der Waals surface area contributed by atoms with Crippen LogP contribution in [0.1, 0.15) is 30.6 Å². The van der Waals surface area contributed by atoms with E-state index in [-0.39, 0.29) is 12.6 Å². The lowest BCUT2D eigenvalue weighted by Gasteiger charge is -2.19. The summed E-state index contributed by atoms with van der Waals surface area (Å²) in [5, 5.41) is 12.7. The van der Waals surface area contributed by atoms with E-state index in [1.54, 1.807) is 0 Å². The van der Waals surface area contributed by atoms with Gasteiger partial charge in [-0.05, 0) is 26.3 Å². The summed E-state index contributed by atoms with van der Waals surface area (Å²) >= 11 is 0. The molecule has 1 aromatic heterocycles. The molecule has 14 heavy (non-hydrogen) atoms. The summed E-state index contributed by atoms with van der Waals surface area (Å²) in [6.07, 6.45) is 2.17. The fourth-order valence-corrected chi connectivity index (χ4v) is 1.95. The number of aliphatic hydroxyl groups excluding tert-OH is 1. The molecule has 1 aliphatic heterocycles. The van der Waals surface area contributed by atoms with Crippen LogP contribution in [0.25, 0.3) is 0 Å². The molecule has 1 fully saturated rings. The Kier molecular flexibility index (Phi) is 2.79. The van der Waals surface area contributed by atoms with E-state index >= 15 is 0 Å². The molecule has 0 radical (unpaired) electrons. The van der Waals surface area contributed by atoms with Gasteiger partial charge in [-0.25, -0.2) is 0 Å². The summed E-state index contributed by atoms with van der Waals surface area (Å²) in [7, 11) is 0. The van der Waals surface area contributed by atoms with Crippen LogP contribution in [0.2, 0.25) is 0 Å². The van der Waals surface area contributed by atoms with Crippen LogP contribution in [0.5, 0.6) is 0 Å². The molecule has 2 heterocycles. The summed E-state index contributed by atoms with van der Waals surface area (Å²) < 4.78 is 5.14. The third-order valence-electron chi connectivity index (χ3n) is 2.58. The molecular formula is C9H15N3O2. The van der Waals surface area contributed by atoms with Gasteiger partial charge in [0.05, 0.1) is 12.6 Å². The highest BCUT2D eigenvalue weighted by atomic mass is 16.5. The average Bonchev–Trinajstić information content (AvgIpc) is 2.74. The minimum atomic E-state index is 0.184. The summed E-state index contributed by atoms with van der Waals surface area (Å²) in [4.78, 5) is 6.41. The molecule has 78 valence electrons. The molecule has 0 spiro atoms. The van der Waals surface area contributed by atoms with Crippen LogP contribution in [0, 0.1) is 6.92 Å². The Bertz CT molecular complexity index is 300. The number of hydrogen-bond donors (Lipinski definition) is 1. The van der Waals surface area contributed by atoms with Crippen LogP contribution in [0.3, 0.4) is 0 Å². The molecule has 5 heteroatoms. The zero-order valence-corrected chi connectivity index (χ0v) is 8.31. The topological polar surface area (TPSA) is 62.4 Å². The molecule has 1 atom stereocenters. The Balaban J connectivity index is 2.09. The number of rotatable bonds is 3. The van der Waals surface area contributed by atoms with Crippen molar-refractivity contribution in [2.75, 3.05) is 19.7 Å². The largest absolute Gasteiger partial charge is 0.395 e. The molecule has 0 saturated carbocycles. The average molecular weight is 197 g/mol. The molecule has 0 bridgehead atoms. The van der Waals surface area contributed by atoms with Crippen LogP contribution in [0.4, 0.5) is 0 Å². The molecule has 1 saturated heterocycles. The van der Waals surface area contributed by atoms with Crippen molar-refractivity contribution in [3.63, 3.8) is 0 Å². The van der Waals surface area contributed by atoms with Crippen molar-refractivity contribution in [3.05, 3.63) is 11.7 Å². The van der Waals surface area contributed by atoms with Gasteiger partial charge in [0.15, 0.2) is 5.82 Å². The van der Waals surface area contributed by atoms with E-state index in [0.29, 0.717) is 18.3 Å². The zero-order valence-electron chi connectivity index (χ0n) is 8.31. The van der Waals surface area contributed by atoms with E-state index in [1.165, 1.54) is 0 Å². The van der Waals surface area contributed by atoms with Crippen molar-refractivity contribution in [2.45, 2.75) is 25.8 Å². The highest BCUT2D eigenvalue weighted by Gasteiger charge is 2.29. The monoisotopic (exact) mass is 197 g/mol. The molecule has 0 aliphatic carbocycles. The lowest BCUT2D eigenvalue weighted by Crippen LogP contribution is -2.26. The lowest BCUT2D eigenvalue weighted by molar-refractivity contribution is 0.163. The zero-order chi connectivity index (χ0) is 9.97. The van der Waals surface area contributed by atoms with E-state index in [0.717, 1.165) is 19.4 Å². The predicted molar refractivity (Wildman–Crippen MR) is 49.7 cm³/mol. The Labute approximate surface area is 82.7 Å². The maximum absolute atomic E-state index is 8.89. The normalized spacial score (nSPS) is 23.1. The van der Waals surface area contributed by atoms with E-state index in [1.807, 2.05) is 6.92 Å². The van der Waals surface area contributed by atoms with Gasteiger partial charge in [-0.2, -0.15) is 4.98 Å². The summed E-state index contributed by atoms with van der Waals surface area (Å²) in [6.45, 7) is 3.70. The number of aryl methyl sites for hydroxylation is 1. The summed E-state index contributed by atoms with van der Waals surface area (Å²) in [5.74, 6) is 1.37. The molecule has 2 rings (SSSR count). The highest BCUT2D eigenvalue weighted by Crippen LogP contribution is 2.29. The SMILES string of the molecule is Cc1noc(C2CCCN2CCO)n1.